The number of rotatable bonds is 12. The van der Waals surface area contributed by atoms with Crippen molar-refractivity contribution in [2.75, 3.05) is 13.2 Å². The molecule has 1 saturated heterocycles. The predicted octanol–water partition coefficient (Wildman–Crippen LogP) is 7.35. The monoisotopic (exact) mass is 640 g/mol. The van der Waals surface area contributed by atoms with Gasteiger partial charge in [0.2, 0.25) is 14.2 Å². The average molecular weight is 641 g/mol. The fraction of sp³-hybridized carbons (Fsp3) is 0.405. The molecule has 0 saturated carbocycles. The third kappa shape index (κ3) is 6.31. The molecule has 0 aromatic heterocycles. The lowest BCUT2D eigenvalue weighted by Crippen LogP contribution is -2.47. The van der Waals surface area contributed by atoms with Crippen molar-refractivity contribution in [1.29, 1.82) is 0 Å². The molecule has 2 aliphatic heterocycles. The maximum Gasteiger partial charge on any atom is 0.417 e. The van der Waals surface area contributed by atoms with Crippen LogP contribution in [0, 0.1) is 0 Å². The van der Waals surface area contributed by atoms with Crippen LogP contribution in [0.4, 0.5) is 4.79 Å². The zero-order chi connectivity index (χ0) is 33.2. The molecule has 0 aliphatic carbocycles. The number of amides is 4. The minimum absolute atomic E-state index is 0.0721. The highest BCUT2D eigenvalue weighted by Gasteiger charge is 2.46. The zero-order valence-corrected chi connectivity index (χ0v) is 28.6. The SMILES string of the molecule is CC(C)[Si](OCc1ccc(C(CN2C(=O)c3ccccc3C2=O)C(=O)N2C(=O)OC[C@H]2Cc2ccccc2)cc1)(C(C)C)C(C)C. The molecule has 4 amide bonds. The Morgan fingerprint density at radius 3 is 1.87 bits per heavy atom. The van der Waals surface area contributed by atoms with Crippen LogP contribution in [-0.2, 0) is 27.0 Å². The number of hydrogen-bond donors (Lipinski definition) is 0. The second kappa shape index (κ2) is 13.7. The first-order valence-corrected chi connectivity index (χ1v) is 18.3. The Balaban J connectivity index is 1.44. The number of carbonyl (C=O) groups excluding carboxylic acids is 4. The smallest absolute Gasteiger partial charge is 0.417 e. The minimum atomic E-state index is -2.09. The van der Waals surface area contributed by atoms with Gasteiger partial charge in [-0.1, -0.05) is 108 Å². The van der Waals surface area contributed by atoms with Crippen LogP contribution >= 0.6 is 0 Å². The van der Waals surface area contributed by atoms with E-state index in [4.69, 9.17) is 9.16 Å². The number of nitrogens with zero attached hydrogens (tertiary/aromatic N) is 2. The van der Waals surface area contributed by atoms with Gasteiger partial charge in [0.1, 0.15) is 6.61 Å². The molecular formula is C37H44N2O6Si. The summed E-state index contributed by atoms with van der Waals surface area (Å²) >= 11 is 0. The van der Waals surface area contributed by atoms with E-state index < -0.39 is 44.1 Å². The van der Waals surface area contributed by atoms with Crippen LogP contribution in [0.25, 0.3) is 0 Å². The quantitative estimate of drug-likeness (QED) is 0.152. The van der Waals surface area contributed by atoms with Crippen molar-refractivity contribution in [3.05, 3.63) is 107 Å². The molecule has 0 bridgehead atoms. The van der Waals surface area contributed by atoms with Gasteiger partial charge in [-0.05, 0) is 51.9 Å². The van der Waals surface area contributed by atoms with Gasteiger partial charge in [-0.25, -0.2) is 9.69 Å². The summed E-state index contributed by atoms with van der Waals surface area (Å²) < 4.78 is 12.2. The third-order valence-electron chi connectivity index (χ3n) is 9.63. The van der Waals surface area contributed by atoms with Crippen molar-refractivity contribution >= 4 is 32.1 Å². The lowest BCUT2D eigenvalue weighted by Gasteiger charge is -2.42. The Labute approximate surface area is 272 Å². The first-order valence-electron chi connectivity index (χ1n) is 16.2. The van der Waals surface area contributed by atoms with Gasteiger partial charge in [0.25, 0.3) is 11.8 Å². The number of cyclic esters (lactones) is 1. The van der Waals surface area contributed by atoms with Crippen molar-refractivity contribution in [2.24, 2.45) is 0 Å². The second-order valence-corrected chi connectivity index (χ2v) is 18.8. The molecule has 3 aromatic rings. The van der Waals surface area contributed by atoms with E-state index in [0.29, 0.717) is 46.3 Å². The van der Waals surface area contributed by atoms with Crippen LogP contribution in [0.15, 0.2) is 78.9 Å². The van der Waals surface area contributed by atoms with Crippen LogP contribution in [0.5, 0.6) is 0 Å². The van der Waals surface area contributed by atoms with E-state index in [2.05, 4.69) is 41.5 Å². The molecule has 0 spiro atoms. The zero-order valence-electron chi connectivity index (χ0n) is 27.6. The van der Waals surface area contributed by atoms with Crippen LogP contribution < -0.4 is 0 Å². The van der Waals surface area contributed by atoms with E-state index in [0.717, 1.165) is 16.0 Å². The van der Waals surface area contributed by atoms with Gasteiger partial charge < -0.3 is 9.16 Å². The van der Waals surface area contributed by atoms with E-state index in [1.165, 1.54) is 4.90 Å². The van der Waals surface area contributed by atoms with Crippen LogP contribution in [-0.4, -0.2) is 61.1 Å². The summed E-state index contributed by atoms with van der Waals surface area (Å²) in [6.45, 7) is 13.8. The average Bonchev–Trinajstić information content (AvgIpc) is 3.51. The van der Waals surface area contributed by atoms with E-state index in [1.807, 2.05) is 54.6 Å². The summed E-state index contributed by atoms with van der Waals surface area (Å²) in [4.78, 5) is 56.4. The number of ether oxygens (including phenoxy) is 1. The number of hydrogen-bond acceptors (Lipinski definition) is 6. The van der Waals surface area contributed by atoms with E-state index >= 15 is 0 Å². The number of imide groups is 2. The van der Waals surface area contributed by atoms with Crippen molar-refractivity contribution in [1.82, 2.24) is 9.80 Å². The van der Waals surface area contributed by atoms with Crippen molar-refractivity contribution in [3.63, 3.8) is 0 Å². The Hall–Kier alpha value is -4.08. The second-order valence-electron chi connectivity index (χ2n) is 13.3. The first kappa shape index (κ1) is 33.3. The Morgan fingerprint density at radius 1 is 0.783 bits per heavy atom. The summed E-state index contributed by atoms with van der Waals surface area (Å²) in [5, 5.41) is 0. The maximum atomic E-state index is 14.4. The largest absolute Gasteiger partial charge is 0.447 e. The van der Waals surface area contributed by atoms with Crippen LogP contribution in [0.2, 0.25) is 16.6 Å². The summed E-state index contributed by atoms with van der Waals surface area (Å²) in [7, 11) is -2.09. The third-order valence-corrected chi connectivity index (χ3v) is 15.7. The molecule has 242 valence electrons. The van der Waals surface area contributed by atoms with Gasteiger partial charge in [0.05, 0.1) is 29.7 Å². The van der Waals surface area contributed by atoms with Crippen LogP contribution in [0.3, 0.4) is 0 Å². The molecule has 1 unspecified atom stereocenters. The topological polar surface area (TPSA) is 93.2 Å². The van der Waals surface area contributed by atoms with Crippen molar-refractivity contribution in [3.8, 4) is 0 Å². The Kier molecular flexibility index (Phi) is 9.93. The molecule has 2 atom stereocenters. The van der Waals surface area contributed by atoms with Crippen molar-refractivity contribution in [2.45, 2.75) is 83.2 Å². The van der Waals surface area contributed by atoms with E-state index in [1.54, 1.807) is 24.3 Å². The summed E-state index contributed by atoms with van der Waals surface area (Å²) in [5.41, 5.74) is 4.48. The highest BCUT2D eigenvalue weighted by atomic mass is 28.4. The molecule has 3 aromatic carbocycles. The standard InChI is InChI=1S/C37H44N2O6Si/c1-24(2)46(25(3)4,26(5)6)45-22-28-16-18-29(19-17-28)33(21-38-34(40)31-14-10-11-15-32(31)35(38)41)36(42)39-30(23-44-37(39)43)20-27-12-8-7-9-13-27/h7-19,24-26,30,33H,20-23H2,1-6H3/t30-,33?/m1/s1. The summed E-state index contributed by atoms with van der Waals surface area (Å²) in [6.07, 6.45) is -0.290. The maximum absolute atomic E-state index is 14.4. The predicted molar refractivity (Wildman–Crippen MR) is 179 cm³/mol. The highest BCUT2D eigenvalue weighted by Crippen LogP contribution is 2.43. The van der Waals surface area contributed by atoms with Gasteiger partial charge in [-0.3, -0.25) is 19.3 Å². The normalized spacial score (nSPS) is 17.3. The lowest BCUT2D eigenvalue weighted by molar-refractivity contribution is -0.130. The molecule has 2 aliphatic rings. The lowest BCUT2D eigenvalue weighted by atomic mass is 9.94. The molecule has 5 rings (SSSR count). The highest BCUT2D eigenvalue weighted by molar-refractivity contribution is 6.77. The molecule has 46 heavy (non-hydrogen) atoms. The molecule has 2 heterocycles. The molecule has 9 heteroatoms. The van der Waals surface area contributed by atoms with Gasteiger partial charge in [-0.15, -0.1) is 0 Å². The minimum Gasteiger partial charge on any atom is -0.447 e. The van der Waals surface area contributed by atoms with Gasteiger partial charge in [0.15, 0.2) is 0 Å². The first-order chi connectivity index (χ1) is 22.0. The molecule has 1 fully saturated rings. The number of carbonyl (C=O) groups is 4. The fourth-order valence-corrected chi connectivity index (χ4v) is 12.8. The van der Waals surface area contributed by atoms with Crippen molar-refractivity contribution < 1.29 is 28.3 Å². The summed E-state index contributed by atoms with van der Waals surface area (Å²) in [5.74, 6) is -2.39. The molecular weight excluding hydrogens is 597 g/mol. The number of fused-ring (bicyclic) bond motifs is 1. The van der Waals surface area contributed by atoms with Gasteiger partial charge in [0, 0.05) is 6.54 Å². The molecule has 0 radical (unpaired) electrons. The Morgan fingerprint density at radius 2 is 1.33 bits per heavy atom. The van der Waals surface area contributed by atoms with E-state index in [9.17, 15) is 19.2 Å². The van der Waals surface area contributed by atoms with Gasteiger partial charge in [-0.2, -0.15) is 0 Å². The van der Waals surface area contributed by atoms with Crippen LogP contribution in [0.1, 0.15) is 84.9 Å². The molecule has 8 nitrogen and oxygen atoms in total. The van der Waals surface area contributed by atoms with E-state index in [-0.39, 0.29) is 13.2 Å². The van der Waals surface area contributed by atoms with Gasteiger partial charge >= 0.3 is 6.09 Å². The Bertz CT molecular complexity index is 1530. The number of benzene rings is 3. The fourth-order valence-electron chi connectivity index (χ4n) is 7.40. The summed E-state index contributed by atoms with van der Waals surface area (Å²) in [6, 6.07) is 23.3. The molecule has 0 N–H and O–H groups in total.